The molecule has 6 aromatic carbocycles. The van der Waals surface area contributed by atoms with E-state index in [4.69, 9.17) is 27.3 Å². The molecule has 1 amide bonds. The number of carbonyl (C=O) groups excluding carboxylic acids is 2. The van der Waals surface area contributed by atoms with Gasteiger partial charge in [0.15, 0.2) is 17.5 Å². The molecule has 8 aromatic heterocycles. The van der Waals surface area contributed by atoms with Crippen LogP contribution in [0.5, 0.6) is 0 Å². The number of rotatable bonds is 16. The van der Waals surface area contributed by atoms with Crippen molar-refractivity contribution in [1.82, 2.24) is 64.5 Å². The molecule has 0 saturated heterocycles. The summed E-state index contributed by atoms with van der Waals surface area (Å²) in [5, 5.41) is 29.4. The van der Waals surface area contributed by atoms with Gasteiger partial charge < -0.3 is 25.6 Å². The van der Waals surface area contributed by atoms with Crippen LogP contribution < -0.4 is 26.3 Å². The number of esters is 1. The third kappa shape index (κ3) is 22.9. The number of benzene rings is 6. The van der Waals surface area contributed by atoms with Crippen LogP contribution in [0.4, 0.5) is 58.3 Å². The van der Waals surface area contributed by atoms with Gasteiger partial charge >= 0.3 is 5.97 Å². The highest BCUT2D eigenvalue weighted by Gasteiger charge is 2.19. The number of pyridine rings is 4. The minimum Gasteiger partial charge on any atom is -0.465 e. The van der Waals surface area contributed by atoms with E-state index >= 15 is 0 Å². The van der Waals surface area contributed by atoms with Gasteiger partial charge in [0.1, 0.15) is 51.7 Å². The number of amides is 1. The topological polar surface area (TPSA) is 243 Å². The second-order valence-corrected chi connectivity index (χ2v) is 23.1. The van der Waals surface area contributed by atoms with Gasteiger partial charge in [-0.15, -0.1) is 0 Å². The van der Waals surface area contributed by atoms with Gasteiger partial charge in [-0.3, -0.25) is 28.7 Å². The lowest BCUT2D eigenvalue weighted by molar-refractivity contribution is 0.0600. The number of aryl methyl sites for hydroxylation is 4. The maximum Gasteiger partial charge on any atom is 0.337 e. The summed E-state index contributed by atoms with van der Waals surface area (Å²) in [6.45, 7) is 0.955. The van der Waals surface area contributed by atoms with Crippen molar-refractivity contribution in [3.05, 3.63) is 319 Å². The summed E-state index contributed by atoms with van der Waals surface area (Å²) in [4.78, 5) is 44.4. The number of hydrogen-bond donors (Lipinski definition) is 4. The van der Waals surface area contributed by atoms with Crippen LogP contribution in [0.3, 0.4) is 0 Å². The molecule has 0 aliphatic heterocycles. The minimum atomic E-state index is -0.568. The molecule has 0 unspecified atom stereocenters. The van der Waals surface area contributed by atoms with Gasteiger partial charge in [-0.1, -0.05) is 107 Å². The fourth-order valence-electron chi connectivity index (χ4n) is 10.1. The highest BCUT2D eigenvalue weighted by atomic mass is 35.5. The van der Waals surface area contributed by atoms with Crippen LogP contribution in [0.25, 0.3) is 44.5 Å². The highest BCUT2D eigenvalue weighted by Crippen LogP contribution is 2.32. The molecule has 0 radical (unpaired) electrons. The van der Waals surface area contributed by atoms with Crippen molar-refractivity contribution >= 4 is 64.2 Å². The molecule has 14 aromatic rings. The molecular formula is C80H80ClF4N17O4. The van der Waals surface area contributed by atoms with Crippen LogP contribution >= 0.6 is 11.6 Å². The molecule has 0 aliphatic carbocycles. The smallest absolute Gasteiger partial charge is 0.337 e. The Labute approximate surface area is 617 Å². The van der Waals surface area contributed by atoms with Gasteiger partial charge in [0.2, 0.25) is 0 Å². The van der Waals surface area contributed by atoms with Gasteiger partial charge in [-0.2, -0.15) is 20.4 Å². The lowest BCUT2D eigenvalue weighted by Crippen LogP contribution is -2.20. The minimum absolute atomic E-state index is 0. The van der Waals surface area contributed by atoms with Crippen molar-refractivity contribution in [2.24, 2.45) is 28.2 Å². The standard InChI is InChI=1S/C24H21FN4O2.C23H20FN5O2.C15H13FN4.C11H7ClFN.C4H7N3.3CH4/c1-28-14-12-22(27-28)29(16-17-3-5-19(6-4-17)24(30)31-2)23-15-20(11-13-26-23)18-7-9-21(25)10-8-18;1-28-13-11-21(26-28)29(15-16-2-4-18(5-3-16)23(30)27-31)22-14-19(10-12-25-22)17-6-8-20(24)9-7-17;1-20-9-7-14(19-20)18-15-10-12(6-8-17-15)11-2-4-13(16)5-3-11;12-11-7-9(5-6-14-11)8-1-3-10(13)4-2-8;1-7-3-2-4(5)6-7;;;/h3-15H,16H2,1-2H3;2-14,31H,15H2,1H3,(H,27,30);2-10H,1H3,(H,17,18,19);1-7H;2-3H,1H3,(H2,5,6);3*1H4. The predicted molar refractivity (Wildman–Crippen MR) is 409 cm³/mol. The van der Waals surface area contributed by atoms with E-state index in [1.54, 1.807) is 140 Å². The summed E-state index contributed by atoms with van der Waals surface area (Å²) in [7, 11) is 8.74. The average Bonchev–Trinajstić information content (AvgIpc) is 1.67. The number of carbonyl (C=O) groups is 2. The van der Waals surface area contributed by atoms with Crippen molar-refractivity contribution in [1.29, 1.82) is 0 Å². The summed E-state index contributed by atoms with van der Waals surface area (Å²) in [6.07, 6.45) is 14.1. The first-order valence-corrected chi connectivity index (χ1v) is 32.0. The summed E-state index contributed by atoms with van der Waals surface area (Å²) in [6, 6.07) is 61.9. The normalized spacial score (nSPS) is 10.2. The number of nitrogens with zero attached hydrogens (tertiary/aromatic N) is 14. The zero-order valence-electron chi connectivity index (χ0n) is 56.2. The van der Waals surface area contributed by atoms with Gasteiger partial charge in [0.25, 0.3) is 5.91 Å². The number of nitrogens with two attached hydrogens (primary N) is 1. The van der Waals surface area contributed by atoms with Crippen LogP contribution in [0.15, 0.2) is 268 Å². The van der Waals surface area contributed by atoms with Crippen molar-refractivity contribution in [2.75, 3.05) is 28.0 Å². The fourth-order valence-corrected chi connectivity index (χ4v) is 10.2. The Hall–Kier alpha value is -13.1. The van der Waals surface area contributed by atoms with Crippen LogP contribution in [-0.4, -0.2) is 83.3 Å². The molecule has 21 nitrogen and oxygen atoms in total. The largest absolute Gasteiger partial charge is 0.465 e. The fraction of sp³-hybridized carbons (Fsp3) is 0.125. The van der Waals surface area contributed by atoms with Crippen molar-refractivity contribution in [3.8, 4) is 44.5 Å². The number of anilines is 7. The molecule has 26 heteroatoms. The maximum absolute atomic E-state index is 13.3. The van der Waals surface area contributed by atoms with E-state index in [2.05, 4.69) is 45.6 Å². The Morgan fingerprint density at radius 1 is 0.425 bits per heavy atom. The number of halogens is 5. The monoisotopic (exact) mass is 1450 g/mol. The van der Waals surface area contributed by atoms with Crippen LogP contribution in [0.1, 0.15) is 54.1 Å². The quantitative estimate of drug-likeness (QED) is 0.0231. The number of nitrogen functional groups attached to an aromatic ring is 1. The summed E-state index contributed by atoms with van der Waals surface area (Å²) in [5.74, 6) is 2.86. The third-order valence-corrected chi connectivity index (χ3v) is 15.5. The lowest BCUT2D eigenvalue weighted by Gasteiger charge is -2.22. The van der Waals surface area contributed by atoms with Crippen molar-refractivity contribution < 1.29 is 37.1 Å². The number of ether oxygens (including phenoxy) is 1. The molecule has 0 bridgehead atoms. The molecule has 106 heavy (non-hydrogen) atoms. The average molecular weight is 1460 g/mol. The van der Waals surface area contributed by atoms with Crippen LogP contribution in [-0.2, 0) is 46.0 Å². The Morgan fingerprint density at radius 3 is 1.14 bits per heavy atom. The zero-order chi connectivity index (χ0) is 72.8. The van der Waals surface area contributed by atoms with Gasteiger partial charge in [0.05, 0.1) is 25.8 Å². The molecule has 0 saturated carbocycles. The van der Waals surface area contributed by atoms with Crippen LogP contribution in [0.2, 0.25) is 5.15 Å². The van der Waals surface area contributed by atoms with Crippen LogP contribution in [0, 0.1) is 23.3 Å². The summed E-state index contributed by atoms with van der Waals surface area (Å²) in [5.41, 5.74) is 17.0. The predicted octanol–water partition coefficient (Wildman–Crippen LogP) is 17.6. The molecule has 0 spiro atoms. The molecule has 14 rings (SSSR count). The first-order valence-electron chi connectivity index (χ1n) is 31.6. The number of methoxy groups -OCH3 is 1. The van der Waals surface area contributed by atoms with E-state index in [-0.39, 0.29) is 51.5 Å². The van der Waals surface area contributed by atoms with Crippen molar-refractivity contribution in [3.63, 3.8) is 0 Å². The van der Waals surface area contributed by atoms with E-state index in [0.29, 0.717) is 58.5 Å². The molecule has 0 fully saturated rings. The zero-order valence-corrected chi connectivity index (χ0v) is 57.0. The second-order valence-electron chi connectivity index (χ2n) is 22.7. The number of aromatic nitrogens is 12. The molecule has 8 heterocycles. The number of nitrogens with one attached hydrogen (secondary N) is 2. The first kappa shape index (κ1) is 80.2. The van der Waals surface area contributed by atoms with E-state index < -0.39 is 5.91 Å². The molecule has 544 valence electrons. The summed E-state index contributed by atoms with van der Waals surface area (Å²) < 4.78 is 63.8. The Balaban J connectivity index is 0.000000195. The van der Waals surface area contributed by atoms with E-state index in [1.165, 1.54) is 55.6 Å². The third-order valence-electron chi connectivity index (χ3n) is 15.3. The number of hydrogen-bond acceptors (Lipinski definition) is 16. The maximum atomic E-state index is 13.3. The molecular weight excluding hydrogens is 1370 g/mol. The van der Waals surface area contributed by atoms with E-state index in [1.807, 2.05) is 142 Å². The van der Waals surface area contributed by atoms with Gasteiger partial charge in [-0.25, -0.2) is 47.8 Å². The number of hydroxylamine groups is 1. The molecule has 5 N–H and O–H groups in total. The van der Waals surface area contributed by atoms with E-state index in [9.17, 15) is 27.2 Å². The van der Waals surface area contributed by atoms with E-state index in [0.717, 1.165) is 67.3 Å². The Bertz CT molecular complexity index is 4850. The Morgan fingerprint density at radius 2 is 0.792 bits per heavy atom. The highest BCUT2D eigenvalue weighted by molar-refractivity contribution is 6.29. The molecule has 0 atom stereocenters. The summed E-state index contributed by atoms with van der Waals surface area (Å²) >= 11 is 5.74. The lowest BCUT2D eigenvalue weighted by atomic mass is 10.1. The SMILES string of the molecule is C.C.C.COC(=O)c1ccc(CN(c2cc(-c3ccc(F)cc3)ccn2)c2ccn(C)n2)cc1.Cn1ccc(N(Cc2ccc(C(=O)NO)cc2)c2cc(-c3ccc(F)cc3)ccn2)n1.Cn1ccc(N)n1.Cn1ccc(Nc2cc(-c3ccc(F)cc3)ccn2)n1.Fc1ccc(-c2ccnc(Cl)c2)cc1. The van der Waals surface area contributed by atoms with Crippen molar-refractivity contribution in [2.45, 2.75) is 35.4 Å². The van der Waals surface area contributed by atoms with Gasteiger partial charge in [0, 0.05) is 102 Å². The Kier molecular flexibility index (Phi) is 29.3. The van der Waals surface area contributed by atoms with Gasteiger partial charge in [-0.05, 0) is 183 Å². The molecule has 0 aliphatic rings. The second kappa shape index (κ2) is 38.8. The first-order chi connectivity index (χ1) is 49.8.